The van der Waals surface area contributed by atoms with Gasteiger partial charge in [-0.05, 0) is 68.1 Å². The third-order valence-corrected chi connectivity index (χ3v) is 9.96. The molecule has 0 atom stereocenters. The van der Waals surface area contributed by atoms with Crippen LogP contribution in [-0.2, 0) is 5.41 Å². The molecule has 1 spiro atoms. The van der Waals surface area contributed by atoms with Crippen LogP contribution in [-0.4, -0.2) is 4.98 Å². The summed E-state index contributed by atoms with van der Waals surface area (Å²) in [6.45, 7) is 0. The van der Waals surface area contributed by atoms with Crippen molar-refractivity contribution in [3.05, 3.63) is 162 Å². The molecule has 2 aliphatic rings. The maximum absolute atomic E-state index is 4.56. The average molecular weight is 526 g/mol. The van der Waals surface area contributed by atoms with Gasteiger partial charge in [0, 0.05) is 26.9 Å². The Morgan fingerprint density at radius 3 is 1.88 bits per heavy atom. The molecule has 9 rings (SSSR count). The van der Waals surface area contributed by atoms with Crippen LogP contribution < -0.4 is 0 Å². The molecule has 186 valence electrons. The minimum absolute atomic E-state index is 0.332. The van der Waals surface area contributed by atoms with E-state index in [-0.39, 0.29) is 5.41 Å². The molecule has 0 aliphatic heterocycles. The summed E-state index contributed by atoms with van der Waals surface area (Å²) < 4.78 is 1.35. The predicted octanol–water partition coefficient (Wildman–Crippen LogP) is 9.97. The first-order chi connectivity index (χ1) is 19.9. The summed E-state index contributed by atoms with van der Waals surface area (Å²) in [5.74, 6) is 0. The van der Waals surface area contributed by atoms with Gasteiger partial charge < -0.3 is 0 Å². The largest absolute Gasteiger partial charge is 0.256 e. The van der Waals surface area contributed by atoms with Gasteiger partial charge >= 0.3 is 0 Å². The topological polar surface area (TPSA) is 12.9 Å². The summed E-state index contributed by atoms with van der Waals surface area (Å²) in [5.41, 5.74) is 14.0. The maximum Gasteiger partial charge on any atom is 0.0740 e. The van der Waals surface area contributed by atoms with Crippen molar-refractivity contribution in [2.24, 2.45) is 0 Å². The highest BCUT2D eigenvalue weighted by Gasteiger charge is 2.53. The van der Waals surface area contributed by atoms with Gasteiger partial charge in [-0.25, -0.2) is 0 Å². The quantitative estimate of drug-likeness (QED) is 0.219. The highest BCUT2D eigenvalue weighted by Crippen LogP contribution is 2.67. The summed E-state index contributed by atoms with van der Waals surface area (Å²) in [4.78, 5) is 5.95. The Morgan fingerprint density at radius 2 is 1.12 bits per heavy atom. The van der Waals surface area contributed by atoms with Crippen LogP contribution in [0.25, 0.3) is 54.0 Å². The lowest BCUT2D eigenvalue weighted by molar-refractivity contribution is 0.803. The molecule has 0 unspecified atom stereocenters. The molecule has 1 nitrogen and oxygen atoms in total. The van der Waals surface area contributed by atoms with Gasteiger partial charge in [0.1, 0.15) is 0 Å². The minimum atomic E-state index is -0.332. The zero-order chi connectivity index (χ0) is 26.3. The molecule has 0 N–H and O–H groups in total. The second-order valence-corrected chi connectivity index (χ2v) is 11.7. The molecule has 40 heavy (non-hydrogen) atoms. The van der Waals surface area contributed by atoms with Gasteiger partial charge in [0.25, 0.3) is 0 Å². The van der Waals surface area contributed by atoms with Crippen molar-refractivity contribution in [3.8, 4) is 44.0 Å². The Bertz CT molecular complexity index is 2060. The molecular weight excluding hydrogens is 502 g/mol. The summed E-state index contributed by atoms with van der Waals surface area (Å²) in [6.07, 6.45) is 1.85. The number of hydrogen-bond acceptors (Lipinski definition) is 2. The fourth-order valence-electron chi connectivity index (χ4n) is 7.23. The second kappa shape index (κ2) is 8.11. The summed E-state index contributed by atoms with van der Waals surface area (Å²) in [7, 11) is 0. The maximum atomic E-state index is 4.56. The summed E-state index contributed by atoms with van der Waals surface area (Å²) >= 11 is 1.94. The Labute approximate surface area is 237 Å². The van der Waals surface area contributed by atoms with E-state index in [9.17, 15) is 0 Å². The zero-order valence-corrected chi connectivity index (χ0v) is 22.5. The Balaban J connectivity index is 1.38. The van der Waals surface area contributed by atoms with Crippen molar-refractivity contribution in [2.75, 3.05) is 0 Å². The van der Waals surface area contributed by atoms with E-state index >= 15 is 0 Å². The monoisotopic (exact) mass is 525 g/mol. The van der Waals surface area contributed by atoms with Crippen molar-refractivity contribution in [3.63, 3.8) is 0 Å². The lowest BCUT2D eigenvalue weighted by Gasteiger charge is -2.30. The molecule has 2 heterocycles. The smallest absolute Gasteiger partial charge is 0.0740 e. The van der Waals surface area contributed by atoms with Crippen molar-refractivity contribution >= 4 is 21.4 Å². The van der Waals surface area contributed by atoms with Crippen LogP contribution in [0.3, 0.4) is 0 Å². The summed E-state index contributed by atoms with van der Waals surface area (Å²) in [6, 6.07) is 49.0. The molecular formula is C38H23NS. The third kappa shape index (κ3) is 2.74. The second-order valence-electron chi connectivity index (χ2n) is 10.7. The van der Waals surface area contributed by atoms with Gasteiger partial charge in [-0.2, -0.15) is 0 Å². The van der Waals surface area contributed by atoms with Crippen molar-refractivity contribution < 1.29 is 0 Å². The standard InChI is InChI=1S/C38H23NS/c1-4-14-30-27(10-1)28-11-2-5-15-31(28)38(30)32-16-9-13-26(24-19-21-25(22-20-24)33-17-7-8-23-39-33)35(32)37-36(38)29-12-3-6-18-34(29)40-37/h1-23H. The fourth-order valence-corrected chi connectivity index (χ4v) is 8.56. The zero-order valence-electron chi connectivity index (χ0n) is 21.6. The molecule has 0 bridgehead atoms. The normalized spacial score (nSPS) is 13.7. The van der Waals surface area contributed by atoms with Crippen LogP contribution in [0.15, 0.2) is 140 Å². The van der Waals surface area contributed by atoms with E-state index < -0.39 is 0 Å². The number of thiophene rings is 1. The van der Waals surface area contributed by atoms with Crippen molar-refractivity contribution in [1.82, 2.24) is 4.98 Å². The lowest BCUT2D eigenvalue weighted by Crippen LogP contribution is -2.25. The number of aromatic nitrogens is 1. The molecule has 5 aromatic carbocycles. The van der Waals surface area contributed by atoms with E-state index in [1.807, 2.05) is 29.7 Å². The molecule has 2 heteroatoms. The fraction of sp³-hybridized carbons (Fsp3) is 0.0263. The Kier molecular flexibility index (Phi) is 4.47. The van der Waals surface area contributed by atoms with Crippen LogP contribution in [0, 0.1) is 0 Å². The van der Waals surface area contributed by atoms with E-state index in [2.05, 4.69) is 126 Å². The first-order valence-electron chi connectivity index (χ1n) is 13.7. The van der Waals surface area contributed by atoms with Gasteiger partial charge in [0.2, 0.25) is 0 Å². The summed E-state index contributed by atoms with van der Waals surface area (Å²) in [5, 5.41) is 1.36. The van der Waals surface area contributed by atoms with Crippen LogP contribution in [0.2, 0.25) is 0 Å². The van der Waals surface area contributed by atoms with Crippen molar-refractivity contribution in [2.45, 2.75) is 5.41 Å². The molecule has 2 aromatic heterocycles. The molecule has 0 amide bonds. The SMILES string of the molecule is c1ccc(-c2ccc(-c3cccc4c3-c3sc5ccccc5c3C43c4ccccc4-c4ccccc43)cc2)nc1. The van der Waals surface area contributed by atoms with E-state index in [0.717, 1.165) is 11.3 Å². The number of pyridine rings is 1. The third-order valence-electron chi connectivity index (χ3n) is 8.77. The van der Waals surface area contributed by atoms with Gasteiger partial charge in [0.05, 0.1) is 11.1 Å². The Hall–Kier alpha value is -4.79. The van der Waals surface area contributed by atoms with E-state index in [0.29, 0.717) is 0 Å². The van der Waals surface area contributed by atoms with E-state index in [1.165, 1.54) is 65.0 Å². The predicted molar refractivity (Wildman–Crippen MR) is 167 cm³/mol. The number of hydrogen-bond donors (Lipinski definition) is 0. The molecule has 7 aromatic rings. The lowest BCUT2D eigenvalue weighted by atomic mass is 9.70. The van der Waals surface area contributed by atoms with Gasteiger partial charge in [-0.1, -0.05) is 115 Å². The number of benzene rings is 5. The molecule has 0 saturated carbocycles. The van der Waals surface area contributed by atoms with Crippen LogP contribution in [0.1, 0.15) is 22.3 Å². The molecule has 0 saturated heterocycles. The first kappa shape index (κ1) is 22.1. The van der Waals surface area contributed by atoms with Gasteiger partial charge in [0.15, 0.2) is 0 Å². The number of nitrogens with zero attached hydrogens (tertiary/aromatic N) is 1. The molecule has 2 aliphatic carbocycles. The van der Waals surface area contributed by atoms with Gasteiger partial charge in [-0.3, -0.25) is 4.98 Å². The molecule has 0 fully saturated rings. The van der Waals surface area contributed by atoms with Crippen LogP contribution in [0.5, 0.6) is 0 Å². The van der Waals surface area contributed by atoms with Crippen LogP contribution in [0.4, 0.5) is 0 Å². The first-order valence-corrected chi connectivity index (χ1v) is 14.5. The van der Waals surface area contributed by atoms with E-state index in [4.69, 9.17) is 0 Å². The highest BCUT2D eigenvalue weighted by atomic mass is 32.1. The number of fused-ring (bicyclic) bond motifs is 12. The minimum Gasteiger partial charge on any atom is -0.256 e. The average Bonchev–Trinajstić information content (AvgIpc) is 3.65. The number of rotatable bonds is 2. The van der Waals surface area contributed by atoms with Crippen molar-refractivity contribution in [1.29, 1.82) is 0 Å². The van der Waals surface area contributed by atoms with Gasteiger partial charge in [-0.15, -0.1) is 11.3 Å². The van der Waals surface area contributed by atoms with Crippen LogP contribution >= 0.6 is 11.3 Å². The highest BCUT2D eigenvalue weighted by molar-refractivity contribution is 7.22. The Morgan fingerprint density at radius 1 is 0.500 bits per heavy atom. The molecule has 0 radical (unpaired) electrons. The van der Waals surface area contributed by atoms with E-state index in [1.54, 1.807) is 0 Å².